The van der Waals surface area contributed by atoms with E-state index >= 15 is 0 Å². The number of carbonyl (C=O) groups is 6. The Morgan fingerprint density at radius 1 is 0.881 bits per heavy atom. The summed E-state index contributed by atoms with van der Waals surface area (Å²) < 4.78 is 0. The van der Waals surface area contributed by atoms with Crippen LogP contribution in [-0.2, 0) is 24.0 Å². The predicted octanol–water partition coefficient (Wildman–Crippen LogP) is 2.45. The third-order valence-corrected chi connectivity index (χ3v) is 9.24. The highest BCUT2D eigenvalue weighted by molar-refractivity contribution is 6.37. The Labute approximate surface area is 249 Å². The van der Waals surface area contributed by atoms with Crippen molar-refractivity contribution in [3.05, 3.63) is 0 Å². The van der Waals surface area contributed by atoms with Gasteiger partial charge in [-0.25, -0.2) is 4.79 Å². The smallest absolute Gasteiger partial charge is 0.316 e. The number of nitrogens with one attached hydrogen (secondary N) is 3. The molecule has 1 heterocycles. The molecule has 0 bridgehead atoms. The zero-order valence-electron chi connectivity index (χ0n) is 26.2. The van der Waals surface area contributed by atoms with Crippen LogP contribution in [0.2, 0.25) is 0 Å². The summed E-state index contributed by atoms with van der Waals surface area (Å²) >= 11 is 0. The molecule has 0 radical (unpaired) electrons. The van der Waals surface area contributed by atoms with Crippen molar-refractivity contribution >= 4 is 35.3 Å². The number of carbonyl (C=O) groups excluding carboxylic acids is 6. The number of nitrogens with two attached hydrogens (primary N) is 1. The minimum Gasteiger partial charge on any atom is -0.363 e. The first kappa shape index (κ1) is 33.5. The summed E-state index contributed by atoms with van der Waals surface area (Å²) in [5, 5.41) is 8.40. The maximum absolute atomic E-state index is 14.1. The van der Waals surface area contributed by atoms with Crippen molar-refractivity contribution in [2.24, 2.45) is 34.8 Å². The van der Waals surface area contributed by atoms with Gasteiger partial charge in [-0.2, -0.15) is 0 Å². The van der Waals surface area contributed by atoms with Gasteiger partial charge in [0.2, 0.25) is 17.6 Å². The first-order chi connectivity index (χ1) is 19.6. The van der Waals surface area contributed by atoms with Crippen molar-refractivity contribution in [2.45, 2.75) is 123 Å². The Kier molecular flexibility index (Phi) is 11.2. The second-order valence-corrected chi connectivity index (χ2v) is 14.1. The van der Waals surface area contributed by atoms with Crippen LogP contribution in [0.5, 0.6) is 0 Å². The number of urea groups is 1. The van der Waals surface area contributed by atoms with Gasteiger partial charge in [0.05, 0.1) is 12.1 Å². The van der Waals surface area contributed by atoms with Gasteiger partial charge in [0.25, 0.3) is 5.91 Å². The molecule has 42 heavy (non-hydrogen) atoms. The highest BCUT2D eigenvalue weighted by Gasteiger charge is 2.46. The van der Waals surface area contributed by atoms with E-state index < -0.39 is 59.1 Å². The number of ketones is 2. The molecule has 2 saturated carbocycles. The van der Waals surface area contributed by atoms with Crippen molar-refractivity contribution in [2.75, 3.05) is 6.54 Å². The van der Waals surface area contributed by atoms with Crippen LogP contribution < -0.4 is 21.7 Å². The Morgan fingerprint density at radius 3 is 2.00 bits per heavy atom. The first-order valence-electron chi connectivity index (χ1n) is 15.6. The number of rotatable bonds is 12. The minimum absolute atomic E-state index is 0.0289. The number of hydrogen-bond donors (Lipinski definition) is 4. The Morgan fingerprint density at radius 2 is 1.50 bits per heavy atom. The molecule has 11 heteroatoms. The lowest BCUT2D eigenvalue weighted by Crippen LogP contribution is -2.61. The van der Waals surface area contributed by atoms with Crippen LogP contribution >= 0.6 is 0 Å². The number of hydrogen-bond acceptors (Lipinski definition) is 6. The molecule has 3 rings (SSSR count). The molecule has 1 saturated heterocycles. The Bertz CT molecular complexity index is 1040. The summed E-state index contributed by atoms with van der Waals surface area (Å²) in [6, 6.07) is -4.08. The Hall–Kier alpha value is -2.98. The maximum Gasteiger partial charge on any atom is 0.316 e. The van der Waals surface area contributed by atoms with E-state index in [2.05, 4.69) is 16.0 Å². The zero-order chi connectivity index (χ0) is 31.4. The zero-order valence-corrected chi connectivity index (χ0v) is 26.2. The molecule has 2 aliphatic carbocycles. The number of likely N-dealkylation sites (tertiary alicyclic amines) is 1. The third kappa shape index (κ3) is 8.77. The number of nitrogens with zero attached hydrogens (tertiary/aromatic N) is 1. The predicted molar refractivity (Wildman–Crippen MR) is 158 cm³/mol. The largest absolute Gasteiger partial charge is 0.363 e. The van der Waals surface area contributed by atoms with E-state index in [0.717, 1.165) is 44.9 Å². The van der Waals surface area contributed by atoms with Crippen LogP contribution in [0.25, 0.3) is 0 Å². The summed E-state index contributed by atoms with van der Waals surface area (Å²) in [6.45, 7) is 11.4. The molecule has 0 spiro atoms. The summed E-state index contributed by atoms with van der Waals surface area (Å²) in [5.41, 5.74) is 4.55. The first-order valence-corrected chi connectivity index (χ1v) is 15.6. The standard InChI is InChI=1S/C31H51N5O6/c1-17(2)21-15-23(28(40)33-22(14-19-12-13-19)25(38)27(32)39)36(16-21)29(41)26(31(4,5)6)35-30(42)34-24(18(3)37)20-10-8-7-9-11-20/h17,19-24,26H,7-16H2,1-6H3,(H2,32,39)(H,33,40)(H2,34,35,42)/t21-,22?,23+,24-,26-/m1/s1. The molecule has 11 nitrogen and oxygen atoms in total. The van der Waals surface area contributed by atoms with Crippen LogP contribution in [0.15, 0.2) is 0 Å². The molecule has 5 N–H and O–H groups in total. The van der Waals surface area contributed by atoms with Crippen LogP contribution in [0, 0.1) is 29.1 Å². The van der Waals surface area contributed by atoms with E-state index in [1.807, 2.05) is 34.6 Å². The van der Waals surface area contributed by atoms with Crippen molar-refractivity contribution in [1.82, 2.24) is 20.9 Å². The van der Waals surface area contributed by atoms with Gasteiger partial charge in [-0.1, -0.05) is 66.7 Å². The van der Waals surface area contributed by atoms with E-state index in [4.69, 9.17) is 5.73 Å². The second kappa shape index (κ2) is 14.0. The van der Waals surface area contributed by atoms with Crippen molar-refractivity contribution in [3.63, 3.8) is 0 Å². The monoisotopic (exact) mass is 589 g/mol. The molecule has 5 amide bonds. The Balaban J connectivity index is 1.79. The second-order valence-electron chi connectivity index (χ2n) is 14.1. The molecular formula is C31H51N5O6. The van der Waals surface area contributed by atoms with Crippen molar-refractivity contribution < 1.29 is 28.8 Å². The van der Waals surface area contributed by atoms with Crippen molar-refractivity contribution in [1.29, 1.82) is 0 Å². The van der Waals surface area contributed by atoms with Gasteiger partial charge in [0.15, 0.2) is 5.78 Å². The van der Waals surface area contributed by atoms with Gasteiger partial charge in [0, 0.05) is 6.54 Å². The van der Waals surface area contributed by atoms with Crippen LogP contribution in [0.1, 0.15) is 99.3 Å². The average molecular weight is 590 g/mol. The quantitative estimate of drug-likeness (QED) is 0.255. The van der Waals surface area contributed by atoms with E-state index in [0.29, 0.717) is 19.4 Å². The van der Waals surface area contributed by atoms with Gasteiger partial charge in [-0.15, -0.1) is 0 Å². The lowest BCUT2D eigenvalue weighted by Gasteiger charge is -2.36. The van der Waals surface area contributed by atoms with Gasteiger partial charge in [-0.05, 0) is 61.7 Å². The minimum atomic E-state index is -1.10. The highest BCUT2D eigenvalue weighted by Crippen LogP contribution is 2.35. The van der Waals surface area contributed by atoms with E-state index in [9.17, 15) is 28.8 Å². The molecule has 1 aliphatic heterocycles. The van der Waals surface area contributed by atoms with E-state index in [1.165, 1.54) is 11.8 Å². The lowest BCUT2D eigenvalue weighted by atomic mass is 9.82. The summed E-state index contributed by atoms with van der Waals surface area (Å²) in [6.07, 6.45) is 7.47. The van der Waals surface area contributed by atoms with Crippen LogP contribution in [-0.4, -0.2) is 70.9 Å². The van der Waals surface area contributed by atoms with E-state index in [-0.39, 0.29) is 29.5 Å². The SMILES string of the molecule is CC(=O)[C@@H](NC(=O)N[C@H](C(=O)N1C[C@H](C(C)C)C[C@H]1C(=O)NC(CC1CC1)C(=O)C(N)=O)C(C)(C)C)C1CCCCC1. The molecule has 236 valence electrons. The fraction of sp³-hybridized carbons (Fsp3) is 0.806. The normalized spacial score (nSPS) is 23.5. The van der Waals surface area contributed by atoms with Crippen LogP contribution in [0.3, 0.4) is 0 Å². The molecule has 3 fully saturated rings. The van der Waals surface area contributed by atoms with Crippen LogP contribution in [0.4, 0.5) is 4.79 Å². The number of Topliss-reactive ketones (excluding diaryl/α,β-unsaturated/α-hetero) is 2. The summed E-state index contributed by atoms with van der Waals surface area (Å²) in [7, 11) is 0. The summed E-state index contributed by atoms with van der Waals surface area (Å²) in [4.78, 5) is 79.1. The molecule has 5 atom stereocenters. The lowest BCUT2D eigenvalue weighted by molar-refractivity contribution is -0.143. The van der Waals surface area contributed by atoms with Gasteiger partial charge < -0.3 is 26.6 Å². The van der Waals surface area contributed by atoms with Gasteiger partial charge in [-0.3, -0.25) is 24.0 Å². The molecule has 0 aromatic carbocycles. The molecule has 0 aromatic rings. The van der Waals surface area contributed by atoms with Crippen molar-refractivity contribution in [3.8, 4) is 0 Å². The number of amides is 5. The fourth-order valence-electron chi connectivity index (χ4n) is 6.35. The molecule has 3 aliphatic rings. The fourth-order valence-corrected chi connectivity index (χ4v) is 6.35. The summed E-state index contributed by atoms with van der Waals surface area (Å²) in [5.74, 6) is -2.42. The highest BCUT2D eigenvalue weighted by atomic mass is 16.2. The van der Waals surface area contributed by atoms with E-state index in [1.54, 1.807) is 0 Å². The third-order valence-electron chi connectivity index (χ3n) is 9.24. The maximum atomic E-state index is 14.1. The molecular weight excluding hydrogens is 538 g/mol. The topological polar surface area (TPSA) is 168 Å². The van der Waals surface area contributed by atoms with Gasteiger partial charge >= 0.3 is 6.03 Å². The van der Waals surface area contributed by atoms with Gasteiger partial charge in [0.1, 0.15) is 12.1 Å². The number of primary amides is 1. The average Bonchev–Trinajstić information content (AvgIpc) is 3.61. The molecule has 1 unspecified atom stereocenters. The molecule has 0 aromatic heterocycles.